The predicted molar refractivity (Wildman–Crippen MR) is 85.7 cm³/mol. The van der Waals surface area contributed by atoms with Crippen LogP contribution in [0.1, 0.15) is 28.2 Å². The van der Waals surface area contributed by atoms with E-state index in [0.29, 0.717) is 5.92 Å². The Morgan fingerprint density at radius 3 is 2.80 bits per heavy atom. The smallest absolute Gasteiger partial charge is 0.0279 e. The van der Waals surface area contributed by atoms with Crippen LogP contribution in [0.3, 0.4) is 0 Å². The van der Waals surface area contributed by atoms with E-state index in [1.807, 2.05) is 0 Å². The summed E-state index contributed by atoms with van der Waals surface area (Å²) < 4.78 is 0. The maximum atomic E-state index is 2.36. The molecule has 5 rings (SSSR count). The summed E-state index contributed by atoms with van der Waals surface area (Å²) in [4.78, 5) is 0. The second kappa shape index (κ2) is 3.61. The zero-order valence-electron chi connectivity index (χ0n) is 11.1. The van der Waals surface area contributed by atoms with Crippen molar-refractivity contribution in [3.8, 4) is 0 Å². The van der Waals surface area contributed by atoms with E-state index in [4.69, 9.17) is 0 Å². The molecule has 0 saturated heterocycles. The van der Waals surface area contributed by atoms with Gasteiger partial charge in [0, 0.05) is 5.92 Å². The summed E-state index contributed by atoms with van der Waals surface area (Å²) in [5, 5.41) is 2.94. The van der Waals surface area contributed by atoms with E-state index in [2.05, 4.69) is 66.8 Å². The van der Waals surface area contributed by atoms with E-state index in [9.17, 15) is 0 Å². The second-order valence-corrected chi connectivity index (χ2v) is 5.78. The standard InChI is InChI=1S/C20H14/c1-2-7-17-15(4-1)12-16-9-8-13-5-3-6-14-10-11-18(17)20(16)19(13)14/h1-4,6-12,17H,5H2. The summed E-state index contributed by atoms with van der Waals surface area (Å²) in [5.41, 5.74) is 7.10. The summed E-state index contributed by atoms with van der Waals surface area (Å²) in [7, 11) is 0. The van der Waals surface area contributed by atoms with Crippen molar-refractivity contribution in [1.82, 2.24) is 0 Å². The van der Waals surface area contributed by atoms with Crippen LogP contribution in [0.5, 0.6) is 0 Å². The molecule has 0 nitrogen and oxygen atoms in total. The summed E-state index contributed by atoms with van der Waals surface area (Å²) in [6.07, 6.45) is 16.8. The Bertz CT molecular complexity index is 873. The van der Waals surface area contributed by atoms with Crippen molar-refractivity contribution in [2.24, 2.45) is 0 Å². The Morgan fingerprint density at radius 1 is 0.850 bits per heavy atom. The van der Waals surface area contributed by atoms with Gasteiger partial charge in [0.15, 0.2) is 0 Å². The molecule has 0 aromatic heterocycles. The van der Waals surface area contributed by atoms with Crippen LogP contribution < -0.4 is 0 Å². The minimum Gasteiger partial charge on any atom is -0.0795 e. The first-order chi connectivity index (χ1) is 9.92. The van der Waals surface area contributed by atoms with Gasteiger partial charge < -0.3 is 0 Å². The van der Waals surface area contributed by atoms with Gasteiger partial charge in [-0.3, -0.25) is 0 Å². The largest absolute Gasteiger partial charge is 0.0795 e. The highest BCUT2D eigenvalue weighted by atomic mass is 14.3. The Morgan fingerprint density at radius 2 is 1.80 bits per heavy atom. The van der Waals surface area contributed by atoms with Gasteiger partial charge in [0.1, 0.15) is 0 Å². The molecule has 3 aliphatic rings. The van der Waals surface area contributed by atoms with E-state index < -0.39 is 0 Å². The molecular formula is C20H14. The predicted octanol–water partition coefficient (Wildman–Crippen LogP) is 5.02. The molecule has 0 radical (unpaired) electrons. The minimum atomic E-state index is 0.433. The van der Waals surface area contributed by atoms with Crippen LogP contribution in [0.2, 0.25) is 0 Å². The topological polar surface area (TPSA) is 0 Å². The SMILES string of the molecule is C1=CC2=Cc3ccc4c5c(ccc(c35)C2C=C1)C=CC4. The molecule has 94 valence electrons. The number of hydrogen-bond acceptors (Lipinski definition) is 0. The fraction of sp³-hybridized carbons (Fsp3) is 0.100. The molecule has 3 aliphatic carbocycles. The number of benzene rings is 2. The second-order valence-electron chi connectivity index (χ2n) is 5.78. The van der Waals surface area contributed by atoms with Crippen LogP contribution in [-0.4, -0.2) is 0 Å². The van der Waals surface area contributed by atoms with Crippen LogP contribution in [0.15, 0.2) is 60.2 Å². The van der Waals surface area contributed by atoms with Crippen LogP contribution in [0, 0.1) is 0 Å². The molecule has 0 saturated carbocycles. The summed E-state index contributed by atoms with van der Waals surface area (Å²) in [6.45, 7) is 0. The third-order valence-corrected chi connectivity index (χ3v) is 4.70. The van der Waals surface area contributed by atoms with Crippen LogP contribution in [0.25, 0.3) is 22.9 Å². The number of fused-ring (bicyclic) bond motifs is 2. The van der Waals surface area contributed by atoms with E-state index in [1.54, 1.807) is 0 Å². The first-order valence-corrected chi connectivity index (χ1v) is 7.23. The van der Waals surface area contributed by atoms with Gasteiger partial charge in [-0.25, -0.2) is 0 Å². The van der Waals surface area contributed by atoms with Gasteiger partial charge in [-0.15, -0.1) is 0 Å². The van der Waals surface area contributed by atoms with E-state index in [-0.39, 0.29) is 0 Å². The molecule has 0 aliphatic heterocycles. The van der Waals surface area contributed by atoms with Crippen LogP contribution in [0.4, 0.5) is 0 Å². The third kappa shape index (κ3) is 1.21. The molecule has 0 spiro atoms. The quantitative estimate of drug-likeness (QED) is 0.619. The van der Waals surface area contributed by atoms with E-state index >= 15 is 0 Å². The number of hydrogen-bond donors (Lipinski definition) is 0. The van der Waals surface area contributed by atoms with Crippen molar-refractivity contribution in [3.63, 3.8) is 0 Å². The first kappa shape index (κ1) is 10.4. The van der Waals surface area contributed by atoms with Crippen LogP contribution >= 0.6 is 0 Å². The van der Waals surface area contributed by atoms with Gasteiger partial charge in [-0.1, -0.05) is 66.8 Å². The maximum Gasteiger partial charge on any atom is 0.0279 e. The average molecular weight is 254 g/mol. The Kier molecular flexibility index (Phi) is 1.88. The molecule has 0 amide bonds. The highest BCUT2D eigenvalue weighted by Crippen LogP contribution is 2.44. The molecule has 1 unspecified atom stereocenters. The summed E-state index contributed by atoms with van der Waals surface area (Å²) in [6, 6.07) is 9.20. The fourth-order valence-electron chi connectivity index (χ4n) is 3.81. The summed E-state index contributed by atoms with van der Waals surface area (Å²) in [5.74, 6) is 0.433. The molecule has 0 fully saturated rings. The Hall–Kier alpha value is -2.34. The van der Waals surface area contributed by atoms with Crippen LogP contribution in [-0.2, 0) is 6.42 Å². The molecule has 20 heavy (non-hydrogen) atoms. The monoisotopic (exact) mass is 254 g/mol. The first-order valence-electron chi connectivity index (χ1n) is 7.23. The Labute approximate surface area is 118 Å². The lowest BCUT2D eigenvalue weighted by atomic mass is 9.76. The fourth-order valence-corrected chi connectivity index (χ4v) is 3.81. The zero-order chi connectivity index (χ0) is 13.1. The molecule has 0 heterocycles. The average Bonchev–Trinajstić information content (AvgIpc) is 2.52. The molecule has 0 heteroatoms. The van der Waals surface area contributed by atoms with Crippen molar-refractivity contribution in [1.29, 1.82) is 0 Å². The van der Waals surface area contributed by atoms with E-state index in [0.717, 1.165) is 6.42 Å². The lowest BCUT2D eigenvalue weighted by Crippen LogP contribution is -2.08. The zero-order valence-corrected chi connectivity index (χ0v) is 11.1. The lowest BCUT2D eigenvalue weighted by molar-refractivity contribution is 1.03. The molecule has 2 aromatic rings. The normalized spacial score (nSPS) is 21.0. The van der Waals surface area contributed by atoms with Crippen molar-refractivity contribution < 1.29 is 0 Å². The lowest BCUT2D eigenvalue weighted by Gasteiger charge is -2.27. The highest BCUT2D eigenvalue weighted by molar-refractivity contribution is 6.04. The van der Waals surface area contributed by atoms with Crippen molar-refractivity contribution >= 4 is 22.9 Å². The highest BCUT2D eigenvalue weighted by Gasteiger charge is 2.24. The number of rotatable bonds is 0. The van der Waals surface area contributed by atoms with E-state index in [1.165, 1.54) is 38.6 Å². The molecule has 0 bridgehead atoms. The van der Waals surface area contributed by atoms with Gasteiger partial charge in [-0.05, 0) is 45.0 Å². The minimum absolute atomic E-state index is 0.433. The van der Waals surface area contributed by atoms with Gasteiger partial charge in [0.25, 0.3) is 0 Å². The molecule has 1 atom stereocenters. The molecule has 0 N–H and O–H groups in total. The van der Waals surface area contributed by atoms with Gasteiger partial charge in [0.05, 0.1) is 0 Å². The summed E-state index contributed by atoms with van der Waals surface area (Å²) >= 11 is 0. The molecular weight excluding hydrogens is 240 g/mol. The molecule has 2 aromatic carbocycles. The van der Waals surface area contributed by atoms with Crippen molar-refractivity contribution in [2.75, 3.05) is 0 Å². The van der Waals surface area contributed by atoms with Gasteiger partial charge in [0.2, 0.25) is 0 Å². The van der Waals surface area contributed by atoms with Gasteiger partial charge in [-0.2, -0.15) is 0 Å². The number of allylic oxidation sites excluding steroid dienone is 6. The van der Waals surface area contributed by atoms with Crippen molar-refractivity contribution in [2.45, 2.75) is 12.3 Å². The third-order valence-electron chi connectivity index (χ3n) is 4.70. The van der Waals surface area contributed by atoms with Crippen molar-refractivity contribution in [3.05, 3.63) is 82.5 Å². The Balaban J connectivity index is 1.97. The maximum absolute atomic E-state index is 2.36. The van der Waals surface area contributed by atoms with Gasteiger partial charge >= 0.3 is 0 Å².